The lowest BCUT2D eigenvalue weighted by atomic mass is 10.2. The molecule has 2 aliphatic rings. The third kappa shape index (κ3) is 2.69. The molecule has 80 valence electrons. The first kappa shape index (κ1) is 9.93. The lowest BCUT2D eigenvalue weighted by molar-refractivity contribution is -0.165. The number of carbonyl (C=O) groups is 1. The average Bonchev–Trinajstić information content (AvgIpc) is 2.63. The van der Waals surface area contributed by atoms with Crippen molar-refractivity contribution in [3.63, 3.8) is 0 Å². The zero-order valence-electron chi connectivity index (χ0n) is 8.33. The Bertz CT molecular complexity index is 202. The maximum Gasteiger partial charge on any atom is 0.220 e. The summed E-state index contributed by atoms with van der Waals surface area (Å²) >= 11 is 0. The largest absolute Gasteiger partial charge is 0.353 e. The standard InChI is InChI=1S/C10H17NO3/c12-9-5-4-8(11-9)7-14-10-3-1-2-6-13-10/h8,10H,1-7H2,(H,11,12). The molecule has 0 aromatic heterocycles. The van der Waals surface area contributed by atoms with Gasteiger partial charge in [-0.1, -0.05) is 0 Å². The molecule has 2 atom stereocenters. The molecule has 2 unspecified atom stereocenters. The lowest BCUT2D eigenvalue weighted by Crippen LogP contribution is -2.33. The average molecular weight is 199 g/mol. The lowest BCUT2D eigenvalue weighted by Gasteiger charge is -2.24. The van der Waals surface area contributed by atoms with Crippen LogP contribution in [-0.4, -0.2) is 31.5 Å². The molecule has 0 spiro atoms. The maximum absolute atomic E-state index is 10.9. The fourth-order valence-corrected chi connectivity index (χ4v) is 1.87. The fraction of sp³-hybridized carbons (Fsp3) is 0.900. The monoisotopic (exact) mass is 199 g/mol. The Labute approximate surface area is 84.0 Å². The van der Waals surface area contributed by atoms with Gasteiger partial charge in [0.1, 0.15) is 0 Å². The second-order valence-electron chi connectivity index (χ2n) is 3.93. The molecule has 0 aromatic rings. The molecule has 2 rings (SSSR count). The molecular weight excluding hydrogens is 182 g/mol. The number of nitrogens with one attached hydrogen (secondary N) is 1. The first-order valence-corrected chi connectivity index (χ1v) is 5.37. The van der Waals surface area contributed by atoms with E-state index in [9.17, 15) is 4.79 Å². The molecule has 0 bridgehead atoms. The highest BCUT2D eigenvalue weighted by Crippen LogP contribution is 2.15. The van der Waals surface area contributed by atoms with E-state index in [1.165, 1.54) is 6.42 Å². The van der Waals surface area contributed by atoms with Crippen LogP contribution in [0.15, 0.2) is 0 Å². The third-order valence-corrected chi connectivity index (χ3v) is 2.71. The van der Waals surface area contributed by atoms with E-state index in [-0.39, 0.29) is 18.2 Å². The van der Waals surface area contributed by atoms with Gasteiger partial charge in [-0.25, -0.2) is 0 Å². The van der Waals surface area contributed by atoms with Crippen molar-refractivity contribution in [2.24, 2.45) is 0 Å². The molecule has 2 saturated heterocycles. The molecule has 14 heavy (non-hydrogen) atoms. The van der Waals surface area contributed by atoms with Crippen LogP contribution in [0, 0.1) is 0 Å². The summed E-state index contributed by atoms with van der Waals surface area (Å²) < 4.78 is 11.0. The molecule has 2 fully saturated rings. The highest BCUT2D eigenvalue weighted by Gasteiger charge is 2.22. The molecule has 1 N–H and O–H groups in total. The van der Waals surface area contributed by atoms with Gasteiger partial charge >= 0.3 is 0 Å². The minimum absolute atomic E-state index is 0.0405. The number of hydrogen-bond acceptors (Lipinski definition) is 3. The number of hydrogen-bond donors (Lipinski definition) is 1. The van der Waals surface area contributed by atoms with Crippen LogP contribution in [-0.2, 0) is 14.3 Å². The Morgan fingerprint density at radius 1 is 1.43 bits per heavy atom. The van der Waals surface area contributed by atoms with Gasteiger partial charge in [-0.3, -0.25) is 4.79 Å². The number of ether oxygens (including phenoxy) is 2. The molecule has 4 nitrogen and oxygen atoms in total. The van der Waals surface area contributed by atoms with Crippen LogP contribution in [0.4, 0.5) is 0 Å². The Balaban J connectivity index is 1.63. The van der Waals surface area contributed by atoms with Crippen LogP contribution in [0.1, 0.15) is 32.1 Å². The predicted octanol–water partition coefficient (Wildman–Crippen LogP) is 0.808. The first-order chi connectivity index (χ1) is 6.84. The van der Waals surface area contributed by atoms with E-state index in [4.69, 9.17) is 9.47 Å². The summed E-state index contributed by atoms with van der Waals surface area (Å²) in [6.45, 7) is 1.40. The molecule has 4 heteroatoms. The minimum Gasteiger partial charge on any atom is -0.353 e. The summed E-state index contributed by atoms with van der Waals surface area (Å²) in [6, 6.07) is 0.202. The molecule has 2 aliphatic heterocycles. The molecule has 2 heterocycles. The van der Waals surface area contributed by atoms with Gasteiger partial charge in [0.2, 0.25) is 5.91 Å². The van der Waals surface area contributed by atoms with Gasteiger partial charge in [-0.05, 0) is 25.7 Å². The number of rotatable bonds is 3. The summed E-state index contributed by atoms with van der Waals surface area (Å²) in [6.07, 6.45) is 4.80. The van der Waals surface area contributed by atoms with Gasteiger partial charge in [-0.2, -0.15) is 0 Å². The normalized spacial score (nSPS) is 33.0. The van der Waals surface area contributed by atoms with E-state index in [1.807, 2.05) is 0 Å². The molecule has 0 radical (unpaired) electrons. The molecule has 1 amide bonds. The topological polar surface area (TPSA) is 47.6 Å². The second kappa shape index (κ2) is 4.75. The van der Waals surface area contributed by atoms with E-state index in [2.05, 4.69) is 5.32 Å². The SMILES string of the molecule is O=C1CCC(COC2CCCCO2)N1. The van der Waals surface area contributed by atoms with E-state index in [0.717, 1.165) is 25.9 Å². The van der Waals surface area contributed by atoms with Gasteiger partial charge in [0, 0.05) is 13.0 Å². The van der Waals surface area contributed by atoms with Gasteiger partial charge in [0.05, 0.1) is 12.6 Å². The fourth-order valence-electron chi connectivity index (χ4n) is 1.87. The summed E-state index contributed by atoms with van der Waals surface area (Å²) in [5, 5.41) is 2.87. The predicted molar refractivity (Wildman–Crippen MR) is 50.7 cm³/mol. The van der Waals surface area contributed by atoms with E-state index in [1.54, 1.807) is 0 Å². The number of amides is 1. The van der Waals surface area contributed by atoms with Gasteiger partial charge < -0.3 is 14.8 Å². The Hall–Kier alpha value is -0.610. The Morgan fingerprint density at radius 3 is 3.00 bits per heavy atom. The van der Waals surface area contributed by atoms with Gasteiger partial charge in [0.15, 0.2) is 6.29 Å². The smallest absolute Gasteiger partial charge is 0.220 e. The summed E-state index contributed by atoms with van der Waals surface area (Å²) in [7, 11) is 0. The first-order valence-electron chi connectivity index (χ1n) is 5.37. The van der Waals surface area contributed by atoms with Crippen molar-refractivity contribution in [3.8, 4) is 0 Å². The van der Waals surface area contributed by atoms with Crippen LogP contribution in [0.3, 0.4) is 0 Å². The second-order valence-corrected chi connectivity index (χ2v) is 3.93. The number of carbonyl (C=O) groups excluding carboxylic acids is 1. The zero-order valence-corrected chi connectivity index (χ0v) is 8.33. The van der Waals surface area contributed by atoms with E-state index < -0.39 is 0 Å². The Morgan fingerprint density at radius 2 is 2.36 bits per heavy atom. The van der Waals surface area contributed by atoms with Crippen LogP contribution < -0.4 is 5.32 Å². The minimum atomic E-state index is -0.0405. The van der Waals surface area contributed by atoms with E-state index in [0.29, 0.717) is 13.0 Å². The van der Waals surface area contributed by atoms with Gasteiger partial charge in [0.25, 0.3) is 0 Å². The van der Waals surface area contributed by atoms with Crippen molar-refractivity contribution < 1.29 is 14.3 Å². The highest BCUT2D eigenvalue weighted by atomic mass is 16.7. The van der Waals surface area contributed by atoms with Crippen molar-refractivity contribution in [3.05, 3.63) is 0 Å². The van der Waals surface area contributed by atoms with Crippen LogP contribution in [0.25, 0.3) is 0 Å². The van der Waals surface area contributed by atoms with E-state index >= 15 is 0 Å². The molecule has 0 aromatic carbocycles. The van der Waals surface area contributed by atoms with Crippen molar-refractivity contribution in [1.82, 2.24) is 5.32 Å². The Kier molecular flexibility index (Phi) is 3.37. The summed E-state index contributed by atoms with van der Waals surface area (Å²) in [5.74, 6) is 0.142. The van der Waals surface area contributed by atoms with Crippen molar-refractivity contribution >= 4 is 5.91 Å². The van der Waals surface area contributed by atoms with Crippen molar-refractivity contribution in [2.45, 2.75) is 44.4 Å². The zero-order chi connectivity index (χ0) is 9.80. The van der Waals surface area contributed by atoms with Crippen LogP contribution >= 0.6 is 0 Å². The van der Waals surface area contributed by atoms with Crippen LogP contribution in [0.2, 0.25) is 0 Å². The highest BCUT2D eigenvalue weighted by molar-refractivity contribution is 5.78. The summed E-state index contributed by atoms with van der Waals surface area (Å²) in [5.41, 5.74) is 0. The molecule has 0 saturated carbocycles. The van der Waals surface area contributed by atoms with Gasteiger partial charge in [-0.15, -0.1) is 0 Å². The molecular formula is C10H17NO3. The van der Waals surface area contributed by atoms with Crippen molar-refractivity contribution in [2.75, 3.05) is 13.2 Å². The quantitative estimate of drug-likeness (QED) is 0.731. The van der Waals surface area contributed by atoms with Crippen molar-refractivity contribution in [1.29, 1.82) is 0 Å². The molecule has 0 aliphatic carbocycles. The van der Waals surface area contributed by atoms with Crippen LogP contribution in [0.5, 0.6) is 0 Å². The third-order valence-electron chi connectivity index (χ3n) is 2.71. The maximum atomic E-state index is 10.9. The summed E-state index contributed by atoms with van der Waals surface area (Å²) in [4.78, 5) is 10.9.